The first-order valence-electron chi connectivity index (χ1n) is 26.8. The van der Waals surface area contributed by atoms with Crippen molar-refractivity contribution < 1.29 is 82.4 Å². The van der Waals surface area contributed by atoms with E-state index in [2.05, 4.69) is 25.3 Å². The normalized spacial score (nSPS) is 16.0. The van der Waals surface area contributed by atoms with Crippen LogP contribution in [-0.4, -0.2) is 150 Å². The molecular formula is C57H48F10N12O12. The van der Waals surface area contributed by atoms with Gasteiger partial charge in [-0.2, -0.15) is 26.3 Å². The van der Waals surface area contributed by atoms with Gasteiger partial charge in [-0.3, -0.25) is 38.3 Å². The highest BCUT2D eigenvalue weighted by molar-refractivity contribution is 5.98. The summed E-state index contributed by atoms with van der Waals surface area (Å²) in [5.74, 6) is -11.4. The second-order valence-corrected chi connectivity index (χ2v) is 20.3. The predicted molar refractivity (Wildman–Crippen MR) is 299 cm³/mol. The standard InChI is InChI=1S/C29H25F5N6O6.C28H23F5N6O6/c1-38-21-13-35-6-5-17(21)26(42)40(28(38)44)23-4-3-15(12-36-23)9-20(27(43)45-2)37-25(41)24-18(30)10-16(11-19(24)31)39-7-8-46-14-22(39)29(32,33)34;1-37-20-12-34-5-4-16(20)25(41)39(27(37)44)22-3-2-14(11-35-22)8-19(26(42)43)36-24(40)23-17(29)9-15(10-18(23)30)38-6-7-45-13-21(38)28(31,32)33/h3-6,10-13,20,22H,7-9,14H2,1-2H3,(H,37,41);2-5,9-12,19,21H,6-8,13H2,1H3,(H,36,40)(H,42,43)/t20-,22+;19-,21+/m00/s1. The first kappa shape index (κ1) is 65.1. The van der Waals surface area contributed by atoms with Crippen molar-refractivity contribution in [2.75, 3.05) is 56.4 Å². The fourth-order valence-corrected chi connectivity index (χ4v) is 10.1. The molecule has 91 heavy (non-hydrogen) atoms. The number of alkyl halides is 6. The molecule has 2 amide bonds. The van der Waals surface area contributed by atoms with Crippen molar-refractivity contribution in [2.24, 2.45) is 14.1 Å². The second kappa shape index (κ2) is 26.4. The SMILES string of the molecule is COC(=O)[C@H](Cc1ccc(-n2c(=O)c3ccncc3n(C)c2=O)nc1)NC(=O)c1c(F)cc(N2CCOC[C@@H]2C(F)(F)F)cc1F.Cn1c(=O)n(-c2ccc(C[C@H](NC(=O)c3c(F)cc(N4CCOC[C@@H]4C(F)(F)F)cc3F)C(=O)O)cn2)c(=O)c2ccncc21. The van der Waals surface area contributed by atoms with Crippen molar-refractivity contribution in [1.82, 2.24) is 48.8 Å². The van der Waals surface area contributed by atoms with Gasteiger partial charge < -0.3 is 39.8 Å². The molecule has 2 fully saturated rings. The average Bonchev–Trinajstić information content (AvgIpc) is 0.801. The molecule has 34 heteroatoms. The number of carbonyl (C=O) groups is 4. The third-order valence-corrected chi connectivity index (χ3v) is 14.7. The van der Waals surface area contributed by atoms with Gasteiger partial charge >= 0.3 is 35.7 Å². The highest BCUT2D eigenvalue weighted by atomic mass is 19.4. The maximum absolute atomic E-state index is 15.1. The second-order valence-electron chi connectivity index (χ2n) is 20.3. The summed E-state index contributed by atoms with van der Waals surface area (Å²) in [5, 5.41) is 14.3. The molecule has 6 aromatic heterocycles. The number of benzene rings is 2. The maximum atomic E-state index is 15.1. The molecule has 0 bridgehead atoms. The Kier molecular flexibility index (Phi) is 18.9. The molecule has 2 aliphatic rings. The van der Waals surface area contributed by atoms with E-state index in [9.17, 15) is 78.6 Å². The van der Waals surface area contributed by atoms with Gasteiger partial charge in [-0.25, -0.2) is 55.8 Å². The number of hydrogen-bond donors (Lipinski definition) is 3. The topological polar surface area (TPSA) is 286 Å². The van der Waals surface area contributed by atoms with Gasteiger partial charge in [-0.05, 0) is 59.7 Å². The molecule has 2 aliphatic heterocycles. The molecule has 8 aromatic rings. The molecule has 0 radical (unpaired) electrons. The van der Waals surface area contributed by atoms with Crippen LogP contribution in [0.3, 0.4) is 0 Å². The molecule has 24 nitrogen and oxygen atoms in total. The summed E-state index contributed by atoms with van der Waals surface area (Å²) in [6, 6.07) is 3.09. The van der Waals surface area contributed by atoms with Crippen LogP contribution in [0.25, 0.3) is 33.4 Å². The van der Waals surface area contributed by atoms with Crippen LogP contribution in [0.2, 0.25) is 0 Å². The zero-order valence-electron chi connectivity index (χ0n) is 47.4. The average molecular weight is 1280 g/mol. The molecule has 0 aliphatic carbocycles. The lowest BCUT2D eigenvalue weighted by molar-refractivity contribution is -0.167. The van der Waals surface area contributed by atoms with E-state index in [1.165, 1.54) is 90.6 Å². The van der Waals surface area contributed by atoms with Crippen LogP contribution < -0.4 is 42.9 Å². The monoisotopic (exact) mass is 1280 g/mol. The lowest BCUT2D eigenvalue weighted by Crippen LogP contribution is -2.53. The molecule has 2 aromatic carbocycles. The maximum Gasteiger partial charge on any atom is 0.411 e. The fraction of sp³-hybridized carbons (Fsp3) is 0.298. The largest absolute Gasteiger partial charge is 0.480 e. The van der Waals surface area contributed by atoms with Crippen LogP contribution in [0.15, 0.2) is 117 Å². The zero-order valence-corrected chi connectivity index (χ0v) is 47.4. The predicted octanol–water partition coefficient (Wildman–Crippen LogP) is 3.99. The van der Waals surface area contributed by atoms with E-state index in [1.807, 2.05) is 5.32 Å². The lowest BCUT2D eigenvalue weighted by Gasteiger charge is -2.38. The molecular weight excluding hydrogens is 1230 g/mol. The molecule has 2 saturated heterocycles. The number of carboxylic acids is 1. The van der Waals surface area contributed by atoms with E-state index in [-0.39, 0.29) is 60.7 Å². The molecule has 0 unspecified atom stereocenters. The highest BCUT2D eigenvalue weighted by Gasteiger charge is 2.47. The van der Waals surface area contributed by atoms with Crippen molar-refractivity contribution in [3.8, 4) is 11.6 Å². The quantitative estimate of drug-likeness (QED) is 0.102. The minimum Gasteiger partial charge on any atom is -0.480 e. The first-order valence-corrected chi connectivity index (χ1v) is 26.8. The van der Waals surface area contributed by atoms with Gasteiger partial charge in [0.25, 0.3) is 22.9 Å². The number of amides is 2. The van der Waals surface area contributed by atoms with E-state index < -0.39 is 148 Å². The molecule has 0 saturated carbocycles. The zero-order chi connectivity index (χ0) is 66.0. The van der Waals surface area contributed by atoms with Gasteiger partial charge in [0.2, 0.25) is 0 Å². The first-order chi connectivity index (χ1) is 43.1. The van der Waals surface area contributed by atoms with Gasteiger partial charge in [-0.15, -0.1) is 0 Å². The Morgan fingerprint density at radius 2 is 0.989 bits per heavy atom. The van der Waals surface area contributed by atoms with E-state index in [0.717, 1.165) is 27.3 Å². The highest BCUT2D eigenvalue weighted by Crippen LogP contribution is 2.35. The summed E-state index contributed by atoms with van der Waals surface area (Å²) in [7, 11) is 3.93. The number of carboxylic acid groups (broad SMARTS) is 1. The molecule has 8 heterocycles. The van der Waals surface area contributed by atoms with Gasteiger partial charge in [-0.1, -0.05) is 12.1 Å². The summed E-state index contributed by atoms with van der Waals surface area (Å²) in [4.78, 5) is 119. The Labute approximate surface area is 503 Å². The van der Waals surface area contributed by atoms with Crippen molar-refractivity contribution in [2.45, 2.75) is 49.4 Å². The number of fused-ring (bicyclic) bond motifs is 2. The number of nitrogens with one attached hydrogen (secondary N) is 2. The van der Waals surface area contributed by atoms with Crippen molar-refractivity contribution >= 4 is 56.9 Å². The van der Waals surface area contributed by atoms with Gasteiger partial charge in [0.1, 0.15) is 70.2 Å². The van der Waals surface area contributed by atoms with Crippen LogP contribution in [0.4, 0.5) is 55.3 Å². The number of methoxy groups -OCH3 is 1. The minimum atomic E-state index is -4.76. The number of hydrogen-bond acceptors (Lipinski definition) is 17. The number of pyridine rings is 4. The number of aliphatic carboxylic acids is 1. The van der Waals surface area contributed by atoms with Crippen LogP contribution in [-0.2, 0) is 50.7 Å². The van der Waals surface area contributed by atoms with Crippen LogP contribution in [0, 0.1) is 23.3 Å². The minimum absolute atomic E-state index is 0.0380. The Hall–Kier alpha value is -10.4. The Morgan fingerprint density at radius 1 is 0.604 bits per heavy atom. The smallest absolute Gasteiger partial charge is 0.411 e. The van der Waals surface area contributed by atoms with Crippen molar-refractivity contribution in [1.29, 1.82) is 0 Å². The Bertz CT molecular complexity index is 4350. The number of ether oxygens (including phenoxy) is 3. The third-order valence-electron chi connectivity index (χ3n) is 14.7. The summed E-state index contributed by atoms with van der Waals surface area (Å²) < 4.78 is 159. The number of carbonyl (C=O) groups excluding carboxylic acids is 3. The number of aromatic nitrogens is 8. The molecule has 478 valence electrons. The Morgan fingerprint density at radius 3 is 1.34 bits per heavy atom. The number of esters is 1. The lowest BCUT2D eigenvalue weighted by atomic mass is 10.1. The van der Waals surface area contributed by atoms with E-state index in [1.54, 1.807) is 0 Å². The van der Waals surface area contributed by atoms with Crippen molar-refractivity contribution in [3.05, 3.63) is 185 Å². The van der Waals surface area contributed by atoms with Crippen LogP contribution >= 0.6 is 0 Å². The number of nitrogens with zero attached hydrogens (tertiary/aromatic N) is 10. The van der Waals surface area contributed by atoms with Gasteiger partial charge in [0.15, 0.2) is 0 Å². The van der Waals surface area contributed by atoms with Gasteiger partial charge in [0.05, 0.1) is 67.7 Å². The summed E-state index contributed by atoms with van der Waals surface area (Å²) in [6.07, 6.45) is -2.31. The Balaban J connectivity index is 0.000000215. The van der Waals surface area contributed by atoms with Crippen molar-refractivity contribution in [3.63, 3.8) is 0 Å². The molecule has 10 rings (SSSR count). The van der Waals surface area contributed by atoms with Crippen LogP contribution in [0.5, 0.6) is 0 Å². The van der Waals surface area contributed by atoms with Crippen LogP contribution in [0.1, 0.15) is 31.8 Å². The van der Waals surface area contributed by atoms with Gasteiger partial charge in [0, 0.05) is 76.2 Å². The van der Waals surface area contributed by atoms with E-state index in [4.69, 9.17) is 14.2 Å². The number of aryl methyl sites for hydroxylation is 2. The number of morpholine rings is 2. The molecule has 0 spiro atoms. The fourth-order valence-electron chi connectivity index (χ4n) is 10.1. The third kappa shape index (κ3) is 13.6. The summed E-state index contributed by atoms with van der Waals surface area (Å²) >= 11 is 0. The number of rotatable bonds is 14. The summed E-state index contributed by atoms with van der Waals surface area (Å²) in [5.41, 5.74) is -4.79. The molecule has 4 atom stereocenters. The van der Waals surface area contributed by atoms with E-state index >= 15 is 8.78 Å². The van der Waals surface area contributed by atoms with E-state index in [0.29, 0.717) is 45.8 Å². The summed E-state index contributed by atoms with van der Waals surface area (Å²) in [6.45, 7) is -2.33. The number of halogens is 10. The molecule has 3 N–H and O–H groups in total. The number of anilines is 2.